The van der Waals surface area contributed by atoms with Crippen molar-refractivity contribution in [2.45, 2.75) is 76.0 Å². The predicted octanol–water partition coefficient (Wildman–Crippen LogP) is 2.86. The summed E-state index contributed by atoms with van der Waals surface area (Å²) in [5.74, 6) is 1.73. The van der Waals surface area contributed by atoms with Crippen LogP contribution in [0, 0.1) is 5.92 Å². The maximum atomic E-state index is 13.6. The lowest BCUT2D eigenvalue weighted by Gasteiger charge is -2.44. The first-order valence-corrected chi connectivity index (χ1v) is 12.6. The summed E-state index contributed by atoms with van der Waals surface area (Å²) in [5.41, 5.74) is 2.74. The van der Waals surface area contributed by atoms with Crippen LogP contribution in [0.3, 0.4) is 0 Å². The molecule has 1 aliphatic heterocycles. The van der Waals surface area contributed by atoms with E-state index in [1.807, 2.05) is 6.20 Å². The molecule has 9 nitrogen and oxygen atoms in total. The molecule has 2 atom stereocenters. The third-order valence-corrected chi connectivity index (χ3v) is 7.30. The molecule has 1 saturated heterocycles. The average molecular weight is 469 g/mol. The Balaban J connectivity index is 1.37. The highest BCUT2D eigenvalue weighted by Gasteiger charge is 2.37. The molecule has 2 saturated carbocycles. The van der Waals surface area contributed by atoms with Gasteiger partial charge in [-0.25, -0.2) is 4.98 Å². The number of carbonyl (C=O) groups excluding carboxylic acids is 1. The van der Waals surface area contributed by atoms with Crippen LogP contribution in [0.5, 0.6) is 0 Å². The van der Waals surface area contributed by atoms with E-state index < -0.39 is 0 Å². The van der Waals surface area contributed by atoms with Crippen LogP contribution in [0.2, 0.25) is 0 Å². The van der Waals surface area contributed by atoms with Gasteiger partial charge in [0.1, 0.15) is 0 Å². The van der Waals surface area contributed by atoms with Crippen LogP contribution < -0.4 is 15.5 Å². The molecule has 2 N–H and O–H groups in total. The molecule has 3 aliphatic rings. The molecule has 2 aliphatic carbocycles. The van der Waals surface area contributed by atoms with Crippen molar-refractivity contribution in [2.24, 2.45) is 5.92 Å². The van der Waals surface area contributed by atoms with Gasteiger partial charge in [-0.2, -0.15) is 4.98 Å². The number of hydrogen-bond donors (Lipinski definition) is 2. The highest BCUT2D eigenvalue weighted by atomic mass is 16.5. The molecular weight excluding hydrogens is 432 g/mol. The van der Waals surface area contributed by atoms with Gasteiger partial charge in [-0.3, -0.25) is 4.79 Å². The molecule has 0 unspecified atom stereocenters. The molecule has 2 aromatic rings. The minimum Gasteiger partial charge on any atom is -0.381 e. The van der Waals surface area contributed by atoms with Crippen molar-refractivity contribution in [1.29, 1.82) is 0 Å². The van der Waals surface area contributed by atoms with Gasteiger partial charge >= 0.3 is 0 Å². The summed E-state index contributed by atoms with van der Waals surface area (Å²) in [5, 5.41) is 10.6. The van der Waals surface area contributed by atoms with Crippen LogP contribution in [0.4, 0.5) is 5.69 Å². The number of aromatic nitrogens is 3. The number of hydrogen-bond acceptors (Lipinski definition) is 8. The number of methoxy groups -OCH3 is 1. The monoisotopic (exact) mass is 468 g/mol. The van der Waals surface area contributed by atoms with Crippen molar-refractivity contribution in [1.82, 2.24) is 25.8 Å². The molecular formula is C25H36N6O3. The van der Waals surface area contributed by atoms with E-state index in [1.165, 1.54) is 24.8 Å². The van der Waals surface area contributed by atoms with Crippen molar-refractivity contribution >= 4 is 11.6 Å². The van der Waals surface area contributed by atoms with Crippen LogP contribution in [0.15, 0.2) is 23.2 Å². The number of carbonyl (C=O) groups is 1. The maximum absolute atomic E-state index is 13.6. The molecule has 34 heavy (non-hydrogen) atoms. The normalized spacial score (nSPS) is 26.8. The average Bonchev–Trinajstić information content (AvgIpc) is 3.50. The fraction of sp³-hybridized carbons (Fsp3) is 0.680. The number of amides is 1. The van der Waals surface area contributed by atoms with Gasteiger partial charge < -0.3 is 24.8 Å². The fourth-order valence-corrected chi connectivity index (χ4v) is 5.19. The zero-order valence-corrected chi connectivity index (χ0v) is 20.4. The SMILES string of the molecule is COC1CC(N(CC(C)C)c2cc(C3CC3)cnc2C(=O)N[C@@H]2CNC[C@H](c3ncon3)C2)C1. The lowest BCUT2D eigenvalue weighted by Crippen LogP contribution is -2.51. The molecule has 0 aromatic carbocycles. The van der Waals surface area contributed by atoms with E-state index in [4.69, 9.17) is 14.2 Å². The highest BCUT2D eigenvalue weighted by molar-refractivity contribution is 5.98. The first kappa shape index (κ1) is 23.2. The third-order valence-electron chi connectivity index (χ3n) is 7.30. The molecule has 3 heterocycles. The van der Waals surface area contributed by atoms with Crippen molar-refractivity contribution in [3.8, 4) is 0 Å². The largest absolute Gasteiger partial charge is 0.381 e. The first-order chi connectivity index (χ1) is 16.5. The van der Waals surface area contributed by atoms with Crippen LogP contribution in [0.25, 0.3) is 0 Å². The zero-order valence-electron chi connectivity index (χ0n) is 20.4. The fourth-order valence-electron chi connectivity index (χ4n) is 5.19. The number of nitrogens with one attached hydrogen (secondary N) is 2. The molecule has 5 rings (SSSR count). The van der Waals surface area contributed by atoms with Crippen LogP contribution in [-0.2, 0) is 4.74 Å². The highest BCUT2D eigenvalue weighted by Crippen LogP contribution is 2.42. The van der Waals surface area contributed by atoms with Gasteiger partial charge in [0.05, 0.1) is 11.8 Å². The summed E-state index contributed by atoms with van der Waals surface area (Å²) in [6.07, 6.45) is 8.70. The molecule has 184 valence electrons. The van der Waals surface area contributed by atoms with Gasteiger partial charge in [-0.1, -0.05) is 19.0 Å². The number of pyridine rings is 1. The second-order valence-corrected chi connectivity index (χ2v) is 10.5. The smallest absolute Gasteiger partial charge is 0.272 e. The maximum Gasteiger partial charge on any atom is 0.272 e. The molecule has 0 radical (unpaired) electrons. The lowest BCUT2D eigenvalue weighted by atomic mass is 9.86. The molecule has 0 spiro atoms. The zero-order chi connectivity index (χ0) is 23.7. The first-order valence-electron chi connectivity index (χ1n) is 12.6. The number of rotatable bonds is 9. The minimum atomic E-state index is -0.116. The van der Waals surface area contributed by atoms with E-state index in [-0.39, 0.29) is 17.9 Å². The Kier molecular flexibility index (Phi) is 6.83. The van der Waals surface area contributed by atoms with Gasteiger partial charge in [0.15, 0.2) is 11.5 Å². The van der Waals surface area contributed by atoms with Gasteiger partial charge in [-0.15, -0.1) is 0 Å². The van der Waals surface area contributed by atoms with Gasteiger partial charge in [0.25, 0.3) is 5.91 Å². The number of piperidine rings is 1. The van der Waals surface area contributed by atoms with Gasteiger partial charge in [0, 0.05) is 50.9 Å². The Morgan fingerprint density at radius 2 is 2.06 bits per heavy atom. The van der Waals surface area contributed by atoms with Crippen molar-refractivity contribution in [3.05, 3.63) is 35.7 Å². The number of anilines is 1. The summed E-state index contributed by atoms with van der Waals surface area (Å²) >= 11 is 0. The molecule has 3 fully saturated rings. The Labute approximate surface area is 201 Å². The Bertz CT molecular complexity index is 971. The second-order valence-electron chi connectivity index (χ2n) is 10.5. The number of nitrogens with zero attached hydrogens (tertiary/aromatic N) is 4. The molecule has 2 aromatic heterocycles. The minimum absolute atomic E-state index is 0.0253. The third kappa shape index (κ3) is 5.10. The van der Waals surface area contributed by atoms with Crippen LogP contribution in [0.1, 0.15) is 79.7 Å². The summed E-state index contributed by atoms with van der Waals surface area (Å²) in [4.78, 5) is 24.9. The van der Waals surface area contributed by atoms with E-state index in [1.54, 1.807) is 7.11 Å². The van der Waals surface area contributed by atoms with Gasteiger partial charge in [0.2, 0.25) is 6.39 Å². The number of ether oxygens (including phenoxy) is 1. The summed E-state index contributed by atoms with van der Waals surface area (Å²) in [7, 11) is 1.78. The predicted molar refractivity (Wildman–Crippen MR) is 128 cm³/mol. The molecule has 0 bridgehead atoms. The Morgan fingerprint density at radius 3 is 2.74 bits per heavy atom. The summed E-state index contributed by atoms with van der Waals surface area (Å²) < 4.78 is 10.5. The topological polar surface area (TPSA) is 105 Å². The van der Waals surface area contributed by atoms with E-state index in [9.17, 15) is 4.79 Å². The molecule has 9 heteroatoms. The lowest BCUT2D eigenvalue weighted by molar-refractivity contribution is 0.0248. The van der Waals surface area contributed by atoms with Crippen LogP contribution in [-0.4, -0.2) is 66.0 Å². The van der Waals surface area contributed by atoms with E-state index in [0.29, 0.717) is 42.0 Å². The van der Waals surface area contributed by atoms with Crippen molar-refractivity contribution in [2.75, 3.05) is 31.6 Å². The van der Waals surface area contributed by atoms with E-state index >= 15 is 0 Å². The van der Waals surface area contributed by atoms with E-state index in [0.717, 1.165) is 38.0 Å². The van der Waals surface area contributed by atoms with Crippen molar-refractivity contribution in [3.63, 3.8) is 0 Å². The Hall–Kier alpha value is -2.52. The second kappa shape index (κ2) is 10.00. The van der Waals surface area contributed by atoms with Gasteiger partial charge in [-0.05, 0) is 55.6 Å². The molecule has 1 amide bonds. The summed E-state index contributed by atoms with van der Waals surface area (Å²) in [6.45, 7) is 6.83. The Morgan fingerprint density at radius 1 is 1.24 bits per heavy atom. The van der Waals surface area contributed by atoms with Crippen LogP contribution >= 0.6 is 0 Å². The quantitative estimate of drug-likeness (QED) is 0.579. The van der Waals surface area contributed by atoms with E-state index in [2.05, 4.69) is 45.6 Å². The summed E-state index contributed by atoms with van der Waals surface area (Å²) in [6, 6.07) is 2.57. The standard InChI is InChI=1S/C25H36N6O3/c1-15(2)13-31(20-8-21(9-20)33-3)22-7-17(16-4-5-16)11-27-23(22)25(32)29-19-6-18(10-26-12-19)24-28-14-34-30-24/h7,11,14-16,18-21,26H,4-6,8-10,12-13H2,1-3H3,(H,29,32)/t18-,19+,20?,21?/m1/s1. The van der Waals surface area contributed by atoms with Crippen molar-refractivity contribution < 1.29 is 14.1 Å².